The Balaban J connectivity index is 1.88. The van der Waals surface area contributed by atoms with Crippen LogP contribution in [0, 0.1) is 17.8 Å². The van der Waals surface area contributed by atoms with E-state index in [-0.39, 0.29) is 30.8 Å². The fraction of sp³-hybridized carbons (Fsp3) is 0.582. The van der Waals surface area contributed by atoms with Crippen LogP contribution in [0.15, 0.2) is 66.7 Å². The molecular formula is C55H77N7O16. The van der Waals surface area contributed by atoms with Gasteiger partial charge in [0.25, 0.3) is 0 Å². The van der Waals surface area contributed by atoms with E-state index in [1.54, 1.807) is 65.0 Å². The standard InChI is InChI=1S/C55H77N7O16/c1-11-13-25-76-54(28-63)24-23-40(65)60-55-41(36-19-21-37(22-20-36)78-34(54)9)51(72)62(10)39(26-35-17-15-14-16-18-35)47(68)58-43(32(7)64)48(69)56-38(27-75-53(55)74)52(73)77-33(8)44(59-46(67)31(6)45(66)29(3)4)49(70)57-42(30(5)12-2)50(71)61-55/h14-24,29-34,38-39,41-45,63-64,66H,11-13,25-28H2,1-10H3,(H,56,69)(H,57,70)(H,58,68)(H,59,67)(H,60,65)(H,61,71)/b24-23+/t30-,31+,32+,33+,34+,38-,39-,41-,42+,43+,44-,45+,54-,55?/m0/s1. The number of hydrogen-bond acceptors (Lipinski definition) is 16. The van der Waals surface area contributed by atoms with E-state index in [0.29, 0.717) is 18.4 Å². The number of aliphatic hydroxyl groups is 3. The van der Waals surface area contributed by atoms with Gasteiger partial charge in [-0.1, -0.05) is 96.8 Å². The first-order chi connectivity index (χ1) is 36.8. The summed E-state index contributed by atoms with van der Waals surface area (Å²) in [5.41, 5.74) is -4.47. The molecule has 1 spiro atoms. The molecule has 2 aromatic rings. The average molecular weight is 1090 g/mol. The van der Waals surface area contributed by atoms with Crippen molar-refractivity contribution in [1.82, 2.24) is 36.8 Å². The Hall–Kier alpha value is -6.95. The zero-order valence-corrected chi connectivity index (χ0v) is 45.9. The number of carbonyl (C=O) groups is 9. The number of benzene rings is 2. The maximum atomic E-state index is 16.0. The third kappa shape index (κ3) is 14.4. The van der Waals surface area contributed by atoms with Crippen LogP contribution < -0.4 is 36.6 Å². The van der Waals surface area contributed by atoms with Crippen molar-refractivity contribution in [2.75, 3.05) is 26.9 Å². The van der Waals surface area contributed by atoms with Gasteiger partial charge in [0.1, 0.15) is 60.3 Å². The van der Waals surface area contributed by atoms with Gasteiger partial charge in [-0.05, 0) is 68.4 Å². The second kappa shape index (κ2) is 27.1. The van der Waals surface area contributed by atoms with Gasteiger partial charge in [0.05, 0.1) is 24.7 Å². The van der Waals surface area contributed by atoms with Gasteiger partial charge in [-0.25, -0.2) is 9.59 Å². The summed E-state index contributed by atoms with van der Waals surface area (Å²) in [6.45, 7) is 12.1. The molecular weight excluding hydrogens is 1010 g/mol. The molecule has 78 heavy (non-hydrogen) atoms. The van der Waals surface area contributed by atoms with E-state index in [1.807, 2.05) is 6.92 Å². The van der Waals surface area contributed by atoms with E-state index >= 15 is 14.4 Å². The number of likely N-dealkylation sites (N-methyl/N-ethyl adjacent to an activating group) is 1. The predicted molar refractivity (Wildman–Crippen MR) is 280 cm³/mol. The lowest BCUT2D eigenvalue weighted by molar-refractivity contribution is -0.168. The van der Waals surface area contributed by atoms with Crippen LogP contribution in [-0.4, -0.2) is 166 Å². The first kappa shape index (κ1) is 61.9. The Labute approximate surface area is 454 Å². The number of ether oxygens (including phenoxy) is 4. The van der Waals surface area contributed by atoms with Crippen LogP contribution in [0.25, 0.3) is 0 Å². The van der Waals surface area contributed by atoms with Crippen molar-refractivity contribution in [3.8, 4) is 5.75 Å². The molecule has 2 fully saturated rings. The molecule has 14 atom stereocenters. The van der Waals surface area contributed by atoms with E-state index < -0.39 is 156 Å². The largest absolute Gasteiger partial charge is 0.487 e. The molecule has 4 aliphatic rings. The van der Waals surface area contributed by atoms with Crippen LogP contribution in [0.3, 0.4) is 0 Å². The molecule has 0 aromatic heterocycles. The van der Waals surface area contributed by atoms with Gasteiger partial charge in [0.2, 0.25) is 47.0 Å². The molecule has 2 saturated heterocycles. The van der Waals surface area contributed by atoms with E-state index in [2.05, 4.69) is 31.9 Å². The molecule has 2 aromatic carbocycles. The summed E-state index contributed by atoms with van der Waals surface area (Å²) in [4.78, 5) is 135. The Morgan fingerprint density at radius 3 is 2.09 bits per heavy atom. The van der Waals surface area contributed by atoms with Crippen LogP contribution >= 0.6 is 0 Å². The number of esters is 2. The highest BCUT2D eigenvalue weighted by Crippen LogP contribution is 2.35. The molecule has 0 saturated carbocycles. The normalized spacial score (nSPS) is 29.8. The van der Waals surface area contributed by atoms with Crippen molar-refractivity contribution in [2.24, 2.45) is 17.8 Å². The van der Waals surface area contributed by atoms with Crippen molar-refractivity contribution < 1.29 is 77.4 Å². The first-order valence-electron chi connectivity index (χ1n) is 26.5. The molecule has 4 heterocycles. The van der Waals surface area contributed by atoms with Crippen molar-refractivity contribution >= 4 is 53.3 Å². The van der Waals surface area contributed by atoms with Crippen LogP contribution in [-0.2, 0) is 63.8 Å². The maximum absolute atomic E-state index is 16.0. The number of nitrogens with one attached hydrogen (secondary N) is 6. The third-order valence-corrected chi connectivity index (χ3v) is 14.7. The van der Waals surface area contributed by atoms with Crippen molar-refractivity contribution in [2.45, 2.75) is 160 Å². The molecule has 9 N–H and O–H groups in total. The Morgan fingerprint density at radius 1 is 0.833 bits per heavy atom. The van der Waals surface area contributed by atoms with Crippen LogP contribution in [0.4, 0.5) is 0 Å². The van der Waals surface area contributed by atoms with Gasteiger partial charge in [0.15, 0.2) is 6.04 Å². The van der Waals surface area contributed by atoms with Crippen molar-refractivity contribution in [1.29, 1.82) is 0 Å². The minimum absolute atomic E-state index is 0.100. The minimum Gasteiger partial charge on any atom is -0.487 e. The maximum Gasteiger partial charge on any atom is 0.354 e. The summed E-state index contributed by atoms with van der Waals surface area (Å²) in [5, 5.41) is 48.1. The summed E-state index contributed by atoms with van der Waals surface area (Å²) in [6, 6.07) is 4.96. The van der Waals surface area contributed by atoms with Crippen LogP contribution in [0.2, 0.25) is 0 Å². The van der Waals surface area contributed by atoms with E-state index in [4.69, 9.17) is 18.9 Å². The summed E-state index contributed by atoms with van der Waals surface area (Å²) in [6.07, 6.45) is -2.25. The van der Waals surface area contributed by atoms with Gasteiger partial charge in [-0.3, -0.25) is 33.6 Å². The lowest BCUT2D eigenvalue weighted by atomic mass is 9.82. The van der Waals surface area contributed by atoms with Gasteiger partial charge >= 0.3 is 11.9 Å². The van der Waals surface area contributed by atoms with Crippen molar-refractivity contribution in [3.63, 3.8) is 0 Å². The summed E-state index contributed by atoms with van der Waals surface area (Å²) in [7, 11) is 1.22. The average Bonchev–Trinajstić information content (AvgIpc) is 3.55. The second-order valence-electron chi connectivity index (χ2n) is 20.8. The lowest BCUT2D eigenvalue weighted by Gasteiger charge is -2.43. The fourth-order valence-electron chi connectivity index (χ4n) is 9.32. The van der Waals surface area contributed by atoms with E-state index in [9.17, 15) is 44.1 Å². The second-order valence-corrected chi connectivity index (χ2v) is 20.8. The highest BCUT2D eigenvalue weighted by Gasteiger charge is 2.57. The number of fused-ring (bicyclic) bond motifs is 10. The van der Waals surface area contributed by atoms with Gasteiger partial charge < -0.3 is 71.1 Å². The molecule has 4 bridgehead atoms. The van der Waals surface area contributed by atoms with Crippen LogP contribution in [0.1, 0.15) is 98.6 Å². The molecule has 0 aliphatic carbocycles. The Morgan fingerprint density at radius 2 is 1.49 bits per heavy atom. The highest BCUT2D eigenvalue weighted by molar-refractivity contribution is 6.04. The van der Waals surface area contributed by atoms with Gasteiger partial charge in [0, 0.05) is 26.2 Å². The first-order valence-corrected chi connectivity index (χ1v) is 26.5. The molecule has 23 nitrogen and oxygen atoms in total. The molecule has 428 valence electrons. The smallest absolute Gasteiger partial charge is 0.354 e. The number of carbonyl (C=O) groups excluding carboxylic acids is 9. The lowest BCUT2D eigenvalue weighted by Crippen LogP contribution is -2.74. The van der Waals surface area contributed by atoms with Crippen LogP contribution in [0.5, 0.6) is 5.75 Å². The van der Waals surface area contributed by atoms with Crippen molar-refractivity contribution in [3.05, 3.63) is 77.9 Å². The summed E-state index contributed by atoms with van der Waals surface area (Å²) < 4.78 is 24.2. The summed E-state index contributed by atoms with van der Waals surface area (Å²) >= 11 is 0. The zero-order valence-electron chi connectivity index (χ0n) is 45.9. The number of cyclic esters (lactones) is 1. The molecule has 1 unspecified atom stereocenters. The fourth-order valence-corrected chi connectivity index (χ4v) is 9.32. The molecule has 6 rings (SSSR count). The molecule has 23 heteroatoms. The number of unbranched alkanes of at least 4 members (excludes halogenated alkanes) is 1. The topological polar surface area (TPSA) is 327 Å². The minimum atomic E-state index is -3.15. The Kier molecular flexibility index (Phi) is 21.5. The Bertz CT molecular complexity index is 2510. The molecule has 0 radical (unpaired) electrons. The zero-order chi connectivity index (χ0) is 57.8. The monoisotopic (exact) mass is 1090 g/mol. The SMILES string of the molecule is CCCCO[C@]1(CO)/C=C/C(=O)NC23NC(=O)[C@@H]([C@@H](C)CC)NC(=O)[C@@H](NC(=O)[C@H](C)[C@H](O)C(C)C)[C@@H](C)OC(=O)[C@H](COC2=O)NC(=O)[C@@H]([C@@H](C)O)NC(=O)[C@H](Cc2ccccc2)N(C)C(=O)[C@@H]3c2ccc(cc2)O[C@@H]1C. The number of nitrogens with zero attached hydrogens (tertiary/aromatic N) is 1. The predicted octanol–water partition coefficient (Wildman–Crippen LogP) is 0.175. The quantitative estimate of drug-likeness (QED) is 0.0900. The van der Waals surface area contributed by atoms with Gasteiger partial charge in [-0.2, -0.15) is 0 Å². The highest BCUT2D eigenvalue weighted by atomic mass is 16.6. The van der Waals surface area contributed by atoms with E-state index in [0.717, 1.165) is 11.0 Å². The van der Waals surface area contributed by atoms with Gasteiger partial charge in [-0.15, -0.1) is 0 Å². The van der Waals surface area contributed by atoms with E-state index in [1.165, 1.54) is 58.2 Å². The number of aliphatic hydroxyl groups excluding tert-OH is 3. The number of rotatable bonds is 14. The third-order valence-electron chi connectivity index (χ3n) is 14.7. The number of amides is 7. The summed E-state index contributed by atoms with van der Waals surface area (Å²) in [5.74, 6) is -15.0. The number of hydrogen-bond donors (Lipinski definition) is 9. The molecule has 4 aliphatic heterocycles. The molecule has 7 amide bonds.